The quantitative estimate of drug-likeness (QED) is 0.453. The summed E-state index contributed by atoms with van der Waals surface area (Å²) in [6.07, 6.45) is -1.98. The topological polar surface area (TPSA) is 156 Å². The Balaban J connectivity index is -0.000000340. The molecule has 9 heteroatoms. The van der Waals surface area contributed by atoms with Crippen LogP contribution in [0.1, 0.15) is 19.8 Å². The van der Waals surface area contributed by atoms with E-state index in [1.165, 1.54) is 0 Å². The van der Waals surface area contributed by atoms with E-state index >= 15 is 0 Å². The summed E-state index contributed by atoms with van der Waals surface area (Å²) in [5.41, 5.74) is 5.18. The van der Waals surface area contributed by atoms with E-state index in [9.17, 15) is 9.59 Å². The second-order valence-corrected chi connectivity index (χ2v) is 2.69. The van der Waals surface area contributed by atoms with Gasteiger partial charge in [0.1, 0.15) is 6.04 Å². The van der Waals surface area contributed by atoms with Gasteiger partial charge in [0.2, 0.25) is 5.91 Å². The minimum atomic E-state index is -2.33. The van der Waals surface area contributed by atoms with Crippen molar-refractivity contribution < 1.29 is 46.8 Å². The van der Waals surface area contributed by atoms with Gasteiger partial charge in [-0.1, -0.05) is 0 Å². The molecule has 103 valence electrons. The summed E-state index contributed by atoms with van der Waals surface area (Å²) < 4.78 is 0. The van der Waals surface area contributed by atoms with Gasteiger partial charge in [-0.05, 0) is 19.5 Å². The molecule has 0 aromatic rings. The van der Waals surface area contributed by atoms with E-state index in [0.717, 1.165) is 0 Å². The van der Waals surface area contributed by atoms with Crippen molar-refractivity contribution in [2.75, 3.05) is 6.54 Å². The molecule has 0 heterocycles. The van der Waals surface area contributed by atoms with Crippen LogP contribution in [0, 0.1) is 0 Å². The Morgan fingerprint density at radius 3 is 2.06 bits per heavy atom. The van der Waals surface area contributed by atoms with Crippen LogP contribution < -0.4 is 21.3 Å². The maximum absolute atomic E-state index is 10.8. The Bertz CT molecular complexity index is 244. The van der Waals surface area contributed by atoms with E-state index in [4.69, 9.17) is 25.8 Å². The first-order valence-corrected chi connectivity index (χ1v) is 4.44. The Labute approximate surface area is 109 Å². The van der Waals surface area contributed by atoms with Crippen molar-refractivity contribution in [1.82, 2.24) is 5.32 Å². The Hall–Kier alpha value is -1.31. The molecule has 0 aromatic heterocycles. The Kier molecular flexibility index (Phi) is 15.8. The Morgan fingerprint density at radius 1 is 1.35 bits per heavy atom. The molecule has 0 fully saturated rings. The molecule has 0 aliphatic carbocycles. The summed E-state index contributed by atoms with van der Waals surface area (Å²) >= 11 is 0. The van der Waals surface area contributed by atoms with Crippen LogP contribution in [0.4, 0.5) is 4.79 Å². The fourth-order valence-corrected chi connectivity index (χ4v) is 0.696. The minimum absolute atomic E-state index is 0. The molecule has 1 amide bonds. The van der Waals surface area contributed by atoms with Crippen LogP contribution >= 0.6 is 0 Å². The summed E-state index contributed by atoms with van der Waals surface area (Å²) in [7, 11) is 0. The second kappa shape index (κ2) is 12.8. The number of carbonyl (C=O) groups is 3. The van der Waals surface area contributed by atoms with Crippen molar-refractivity contribution >= 4 is 18.0 Å². The second-order valence-electron chi connectivity index (χ2n) is 2.69. The molecule has 1 atom stereocenters. The number of carboxylic acid groups (broad SMARTS) is 3. The van der Waals surface area contributed by atoms with Crippen LogP contribution in [0.2, 0.25) is 0 Å². The zero-order valence-electron chi connectivity index (χ0n) is 9.07. The molecule has 0 aromatic carbocycles. The molecule has 0 bridgehead atoms. The van der Waals surface area contributed by atoms with Gasteiger partial charge in [-0.3, -0.25) is 9.59 Å². The summed E-state index contributed by atoms with van der Waals surface area (Å²) in [6, 6.07) is -0.937. The van der Waals surface area contributed by atoms with Gasteiger partial charge in [0.15, 0.2) is 0 Å². The molecule has 0 aliphatic heterocycles. The number of aliphatic carboxylic acids is 1. The normalized spacial score (nSPS) is 10.0. The van der Waals surface area contributed by atoms with Gasteiger partial charge in [0, 0.05) is 13.0 Å². The standard InChI is InChI=1S/C7H14N2O3.CH2O3.Cu/c1-2-9-6(10)4-3-5(8)7(11)12;2-1(3)4;/h5H,2-4,8H2,1H3,(H,9,10)(H,11,12);(H2,2,3,4);/q;;+2/p-2/t5-;;/m0../s1. The van der Waals surface area contributed by atoms with E-state index in [-0.39, 0.29) is 35.8 Å². The van der Waals surface area contributed by atoms with Gasteiger partial charge in [0.05, 0.1) is 0 Å². The predicted molar refractivity (Wildman–Crippen MR) is 48.9 cm³/mol. The fraction of sp³-hybridized carbons (Fsp3) is 0.625. The largest absolute Gasteiger partial charge is 2.00 e. The summed E-state index contributed by atoms with van der Waals surface area (Å²) in [5.74, 6) is -1.23. The average Bonchev–Trinajstić information content (AvgIpc) is 2.13. The molecule has 17 heavy (non-hydrogen) atoms. The van der Waals surface area contributed by atoms with Crippen LogP contribution in [-0.4, -0.2) is 35.7 Å². The van der Waals surface area contributed by atoms with E-state index in [2.05, 4.69) is 5.32 Å². The van der Waals surface area contributed by atoms with Gasteiger partial charge < -0.3 is 31.2 Å². The summed E-state index contributed by atoms with van der Waals surface area (Å²) in [5, 5.41) is 27.6. The first-order chi connectivity index (χ1) is 7.31. The monoisotopic (exact) mass is 297 g/mol. The van der Waals surface area contributed by atoms with Crippen molar-refractivity contribution in [3.63, 3.8) is 0 Å². The zero-order valence-corrected chi connectivity index (χ0v) is 10.0. The predicted octanol–water partition coefficient (Wildman–Crippen LogP) is -3.13. The van der Waals surface area contributed by atoms with Gasteiger partial charge >= 0.3 is 23.0 Å². The molecular formula is C8H14CuN2O6. The number of nitrogens with one attached hydrogen (secondary N) is 1. The molecule has 0 unspecified atom stereocenters. The number of nitrogens with two attached hydrogens (primary N) is 1. The number of carboxylic acids is 1. The molecule has 0 saturated heterocycles. The number of hydrogen-bond acceptors (Lipinski definition) is 6. The van der Waals surface area contributed by atoms with Crippen LogP contribution in [0.5, 0.6) is 0 Å². The summed E-state index contributed by atoms with van der Waals surface area (Å²) in [6.45, 7) is 2.36. The number of amides is 1. The minimum Gasteiger partial charge on any atom is -0.652 e. The van der Waals surface area contributed by atoms with Crippen molar-refractivity contribution in [2.45, 2.75) is 25.8 Å². The van der Waals surface area contributed by atoms with Crippen LogP contribution in [-0.2, 0) is 26.7 Å². The maximum atomic E-state index is 10.8. The van der Waals surface area contributed by atoms with Gasteiger partial charge in [-0.15, -0.1) is 0 Å². The third-order valence-corrected chi connectivity index (χ3v) is 1.37. The van der Waals surface area contributed by atoms with E-state index in [0.29, 0.717) is 6.54 Å². The van der Waals surface area contributed by atoms with Crippen molar-refractivity contribution in [3.05, 3.63) is 0 Å². The third-order valence-electron chi connectivity index (χ3n) is 1.37. The third kappa shape index (κ3) is 20.7. The molecule has 0 spiro atoms. The molecule has 1 radical (unpaired) electrons. The number of hydrogen-bond donors (Lipinski definition) is 3. The first kappa shape index (κ1) is 21.0. The SMILES string of the molecule is CCNC(=O)CC[C@H](N)C(=O)O.O=C([O-])[O-].[Cu+2]. The maximum Gasteiger partial charge on any atom is 2.00 e. The van der Waals surface area contributed by atoms with Crippen molar-refractivity contribution in [1.29, 1.82) is 0 Å². The van der Waals surface area contributed by atoms with E-state index in [1.54, 1.807) is 6.92 Å². The first-order valence-electron chi connectivity index (χ1n) is 4.44. The summed E-state index contributed by atoms with van der Waals surface area (Å²) in [4.78, 5) is 29.4. The van der Waals surface area contributed by atoms with Crippen LogP contribution in [0.15, 0.2) is 0 Å². The molecule has 0 rings (SSSR count). The van der Waals surface area contributed by atoms with Crippen molar-refractivity contribution in [2.24, 2.45) is 5.73 Å². The molecule has 0 saturated carbocycles. The molecule has 0 aliphatic rings. The zero-order chi connectivity index (χ0) is 13.1. The molecule has 8 nitrogen and oxygen atoms in total. The molecule has 4 N–H and O–H groups in total. The van der Waals surface area contributed by atoms with E-state index < -0.39 is 18.2 Å². The number of carbonyl (C=O) groups excluding carboxylic acids is 2. The van der Waals surface area contributed by atoms with E-state index in [1.807, 2.05) is 0 Å². The van der Waals surface area contributed by atoms with Crippen LogP contribution in [0.25, 0.3) is 0 Å². The van der Waals surface area contributed by atoms with Crippen molar-refractivity contribution in [3.8, 4) is 0 Å². The Morgan fingerprint density at radius 2 is 1.76 bits per heavy atom. The smallest absolute Gasteiger partial charge is 0.652 e. The molecular weight excluding hydrogens is 284 g/mol. The van der Waals surface area contributed by atoms with Gasteiger partial charge in [-0.25, -0.2) is 0 Å². The fourth-order valence-electron chi connectivity index (χ4n) is 0.696. The number of rotatable bonds is 5. The van der Waals surface area contributed by atoms with Crippen LogP contribution in [0.3, 0.4) is 0 Å². The average molecular weight is 298 g/mol. The van der Waals surface area contributed by atoms with Gasteiger partial charge in [-0.2, -0.15) is 0 Å². The van der Waals surface area contributed by atoms with Gasteiger partial charge in [0.25, 0.3) is 0 Å².